The number of rotatable bonds is 2. The topological polar surface area (TPSA) is 82.0 Å². The van der Waals surface area contributed by atoms with E-state index < -0.39 is 0 Å². The van der Waals surface area contributed by atoms with Crippen LogP contribution in [-0.2, 0) is 6.42 Å². The summed E-state index contributed by atoms with van der Waals surface area (Å²) >= 11 is 1.50. The van der Waals surface area contributed by atoms with Crippen molar-refractivity contribution < 1.29 is 4.92 Å². The molecule has 0 fully saturated rings. The lowest BCUT2D eigenvalue weighted by Crippen LogP contribution is -1.92. The van der Waals surface area contributed by atoms with Gasteiger partial charge in [0.05, 0.1) is 16.2 Å². The smallest absolute Gasteiger partial charge is 0.277 e. The van der Waals surface area contributed by atoms with E-state index in [1.165, 1.54) is 17.4 Å². The van der Waals surface area contributed by atoms with Gasteiger partial charge >= 0.3 is 0 Å². The molecule has 0 aliphatic heterocycles. The van der Waals surface area contributed by atoms with Crippen LogP contribution in [0.3, 0.4) is 0 Å². The van der Waals surface area contributed by atoms with Crippen molar-refractivity contribution in [2.24, 2.45) is 0 Å². The molecule has 0 unspecified atom stereocenters. The molecule has 0 bridgehead atoms. The molecule has 1 aromatic heterocycles. The highest BCUT2D eigenvalue weighted by molar-refractivity contribution is 14.0. The van der Waals surface area contributed by atoms with Gasteiger partial charge < -0.3 is 5.73 Å². The molecule has 2 aromatic carbocycles. The highest BCUT2D eigenvalue weighted by Gasteiger charge is 2.24. The maximum absolute atomic E-state index is 11.2. The largest absolute Gasteiger partial charge is 0.375 e. The van der Waals surface area contributed by atoms with Gasteiger partial charge in [0.1, 0.15) is 0 Å². The van der Waals surface area contributed by atoms with E-state index in [1.807, 2.05) is 24.3 Å². The Kier molecular flexibility index (Phi) is 4.07. The summed E-state index contributed by atoms with van der Waals surface area (Å²) in [5, 5.41) is 11.8. The molecular weight excluding hydrogens is 425 g/mol. The fourth-order valence-electron chi connectivity index (χ4n) is 2.89. The van der Waals surface area contributed by atoms with Crippen LogP contribution in [0.1, 0.15) is 10.4 Å². The molecule has 1 heterocycles. The maximum atomic E-state index is 11.2. The van der Waals surface area contributed by atoms with Crippen LogP contribution in [0.2, 0.25) is 0 Å². The van der Waals surface area contributed by atoms with E-state index in [4.69, 9.17) is 5.73 Å². The number of nitro groups is 1. The number of nitrogens with two attached hydrogens (primary N) is 1. The van der Waals surface area contributed by atoms with Crippen molar-refractivity contribution in [2.45, 2.75) is 6.42 Å². The van der Waals surface area contributed by atoms with E-state index in [2.05, 4.69) is 4.98 Å². The zero-order valence-electron chi connectivity index (χ0n) is 11.9. The van der Waals surface area contributed by atoms with Crippen LogP contribution < -0.4 is 5.73 Å². The Morgan fingerprint density at radius 2 is 1.96 bits per heavy atom. The van der Waals surface area contributed by atoms with E-state index in [9.17, 15) is 10.1 Å². The average Bonchev–Trinajstić information content (AvgIpc) is 3.02. The SMILES string of the molecule is I.Nc1nc2c(s1)Cc1cc(-c3ccccc3[N+](=O)[O-])ccc1-2. The predicted molar refractivity (Wildman–Crippen MR) is 102 cm³/mol. The highest BCUT2D eigenvalue weighted by atomic mass is 127. The Bertz CT molecular complexity index is 923. The molecule has 5 nitrogen and oxygen atoms in total. The van der Waals surface area contributed by atoms with E-state index in [0.717, 1.165) is 33.7 Å². The van der Waals surface area contributed by atoms with Crippen molar-refractivity contribution in [1.82, 2.24) is 4.98 Å². The number of para-hydroxylation sites is 1. The monoisotopic (exact) mass is 437 g/mol. The summed E-state index contributed by atoms with van der Waals surface area (Å²) in [6.45, 7) is 0. The van der Waals surface area contributed by atoms with Crippen LogP contribution in [-0.4, -0.2) is 9.91 Å². The molecule has 0 amide bonds. The summed E-state index contributed by atoms with van der Waals surface area (Å²) in [4.78, 5) is 16.4. The van der Waals surface area contributed by atoms with Gasteiger partial charge in [-0.1, -0.05) is 24.3 Å². The molecule has 7 heteroatoms. The second-order valence-corrected chi connectivity index (χ2v) is 6.26. The molecule has 0 saturated carbocycles. The molecule has 116 valence electrons. The van der Waals surface area contributed by atoms with Crippen molar-refractivity contribution in [3.8, 4) is 22.4 Å². The molecule has 3 aromatic rings. The standard InChI is InChI=1S/C16H11N3O2S.HI/c17-16-18-15-12-6-5-9(7-10(12)8-14(15)22-16)11-3-1-2-4-13(11)19(20)21;/h1-7H,8H2,(H2,17,18);1H. The van der Waals surface area contributed by atoms with Crippen molar-refractivity contribution in [2.75, 3.05) is 5.73 Å². The fourth-order valence-corrected chi connectivity index (χ4v) is 3.76. The zero-order chi connectivity index (χ0) is 15.3. The van der Waals surface area contributed by atoms with Crippen LogP contribution >= 0.6 is 35.3 Å². The molecule has 0 saturated heterocycles. The van der Waals surface area contributed by atoms with E-state index in [1.54, 1.807) is 12.1 Å². The van der Waals surface area contributed by atoms with Crippen molar-refractivity contribution in [1.29, 1.82) is 0 Å². The Balaban J connectivity index is 0.00000156. The van der Waals surface area contributed by atoms with Crippen LogP contribution in [0, 0.1) is 10.1 Å². The fraction of sp³-hybridized carbons (Fsp3) is 0.0625. The number of fused-ring (bicyclic) bond motifs is 3. The lowest BCUT2D eigenvalue weighted by molar-refractivity contribution is -0.384. The number of nitro benzene ring substituents is 1. The quantitative estimate of drug-likeness (QED) is 0.285. The number of aromatic nitrogens is 1. The predicted octanol–water partition coefficient (Wildman–Crippen LogP) is 4.49. The molecular formula is C16H12IN3O2S. The van der Waals surface area contributed by atoms with Crippen molar-refractivity contribution >= 4 is 46.1 Å². The lowest BCUT2D eigenvalue weighted by atomic mass is 9.99. The van der Waals surface area contributed by atoms with Gasteiger partial charge in [-0.3, -0.25) is 10.1 Å². The third kappa shape index (κ3) is 2.59. The number of hydrogen-bond acceptors (Lipinski definition) is 5. The van der Waals surface area contributed by atoms with Gasteiger partial charge in [0, 0.05) is 22.9 Å². The first-order chi connectivity index (χ1) is 10.6. The minimum Gasteiger partial charge on any atom is -0.375 e. The second kappa shape index (κ2) is 5.89. The Labute approximate surface area is 153 Å². The van der Waals surface area contributed by atoms with Crippen LogP contribution in [0.25, 0.3) is 22.4 Å². The molecule has 23 heavy (non-hydrogen) atoms. The first kappa shape index (κ1) is 15.9. The Morgan fingerprint density at radius 1 is 1.17 bits per heavy atom. The first-order valence-corrected chi connectivity index (χ1v) is 7.57. The highest BCUT2D eigenvalue weighted by Crippen LogP contribution is 2.42. The number of anilines is 1. The normalized spacial score (nSPS) is 11.5. The molecule has 2 N–H and O–H groups in total. The zero-order valence-corrected chi connectivity index (χ0v) is 15.0. The van der Waals surface area contributed by atoms with E-state index in [0.29, 0.717) is 10.7 Å². The van der Waals surface area contributed by atoms with Crippen LogP contribution in [0.5, 0.6) is 0 Å². The number of benzene rings is 2. The number of thiazole rings is 1. The summed E-state index contributed by atoms with van der Waals surface area (Å²) in [6.07, 6.45) is 0.786. The Hall–Kier alpha value is -2.00. The molecule has 0 atom stereocenters. The Morgan fingerprint density at radius 3 is 2.74 bits per heavy atom. The summed E-state index contributed by atoms with van der Waals surface area (Å²) in [5.74, 6) is 0. The molecule has 0 radical (unpaired) electrons. The van der Waals surface area contributed by atoms with Crippen LogP contribution in [0.4, 0.5) is 10.8 Å². The molecule has 0 spiro atoms. The second-order valence-electron chi connectivity index (χ2n) is 5.15. The molecule has 1 aliphatic carbocycles. The minimum absolute atomic E-state index is 0. The summed E-state index contributed by atoms with van der Waals surface area (Å²) in [5.41, 5.74) is 10.5. The first-order valence-electron chi connectivity index (χ1n) is 6.76. The van der Waals surface area contributed by atoms with Crippen molar-refractivity contribution in [3.05, 3.63) is 63.0 Å². The molecule has 1 aliphatic rings. The van der Waals surface area contributed by atoms with Gasteiger partial charge in [-0.2, -0.15) is 0 Å². The van der Waals surface area contributed by atoms with Gasteiger partial charge in [0.15, 0.2) is 5.13 Å². The van der Waals surface area contributed by atoms with Gasteiger partial charge in [-0.15, -0.1) is 35.3 Å². The van der Waals surface area contributed by atoms with Gasteiger partial charge in [-0.25, -0.2) is 4.98 Å². The number of nitrogen functional groups attached to an aromatic ring is 1. The lowest BCUT2D eigenvalue weighted by Gasteiger charge is -2.06. The maximum Gasteiger partial charge on any atom is 0.277 e. The molecule has 4 rings (SSSR count). The van der Waals surface area contributed by atoms with Crippen LogP contribution in [0.15, 0.2) is 42.5 Å². The number of nitrogens with zero attached hydrogens (tertiary/aromatic N) is 2. The van der Waals surface area contributed by atoms with Gasteiger partial charge in [-0.05, 0) is 23.3 Å². The van der Waals surface area contributed by atoms with E-state index >= 15 is 0 Å². The van der Waals surface area contributed by atoms with E-state index in [-0.39, 0.29) is 34.6 Å². The van der Waals surface area contributed by atoms with Crippen molar-refractivity contribution in [3.63, 3.8) is 0 Å². The number of hydrogen-bond donors (Lipinski definition) is 1. The number of halogens is 1. The third-order valence-electron chi connectivity index (χ3n) is 3.84. The summed E-state index contributed by atoms with van der Waals surface area (Å²) in [6, 6.07) is 12.7. The summed E-state index contributed by atoms with van der Waals surface area (Å²) in [7, 11) is 0. The van der Waals surface area contributed by atoms with Gasteiger partial charge in [0.25, 0.3) is 5.69 Å². The summed E-state index contributed by atoms with van der Waals surface area (Å²) < 4.78 is 0. The average molecular weight is 437 g/mol. The van der Waals surface area contributed by atoms with Gasteiger partial charge in [0.2, 0.25) is 0 Å². The minimum atomic E-state index is -0.346. The third-order valence-corrected chi connectivity index (χ3v) is 4.72.